The van der Waals surface area contributed by atoms with Crippen molar-refractivity contribution in [1.29, 1.82) is 0 Å². The third-order valence-electron chi connectivity index (χ3n) is 2.65. The maximum absolute atomic E-state index is 11.5. The number of nitrogens with one attached hydrogen (secondary N) is 1. The maximum atomic E-state index is 11.5. The molecule has 1 aromatic rings. The van der Waals surface area contributed by atoms with E-state index in [1.807, 2.05) is 42.5 Å². The van der Waals surface area contributed by atoms with Crippen LogP contribution in [0.3, 0.4) is 0 Å². The number of hydrogen-bond donors (Lipinski definition) is 1. The van der Waals surface area contributed by atoms with Crippen LogP contribution in [0.1, 0.15) is 18.4 Å². The predicted molar refractivity (Wildman–Crippen MR) is 87.3 cm³/mol. The van der Waals surface area contributed by atoms with Gasteiger partial charge in [-0.25, -0.2) is 0 Å². The lowest BCUT2D eigenvalue weighted by Gasteiger charge is -2.01. The molecule has 0 saturated carbocycles. The Morgan fingerprint density at radius 2 is 2.05 bits per heavy atom. The number of amides is 1. The fourth-order valence-electron chi connectivity index (χ4n) is 1.62. The van der Waals surface area contributed by atoms with Crippen molar-refractivity contribution in [2.24, 2.45) is 0 Å². The molecular formula is C19H19NO. The molecule has 1 rings (SSSR count). The molecule has 2 nitrogen and oxygen atoms in total. The minimum atomic E-state index is -0.0808. The zero-order valence-electron chi connectivity index (χ0n) is 12.0. The topological polar surface area (TPSA) is 29.1 Å². The van der Waals surface area contributed by atoms with Gasteiger partial charge in [-0.3, -0.25) is 4.79 Å². The van der Waals surface area contributed by atoms with Crippen LogP contribution in [-0.4, -0.2) is 12.5 Å². The monoisotopic (exact) mass is 277 g/mol. The molecule has 21 heavy (non-hydrogen) atoms. The Kier molecular flexibility index (Phi) is 8.67. The first kappa shape index (κ1) is 16.3. The van der Waals surface area contributed by atoms with Crippen molar-refractivity contribution in [3.05, 3.63) is 60.2 Å². The molecule has 0 spiro atoms. The molecule has 0 saturated heterocycles. The van der Waals surface area contributed by atoms with E-state index in [9.17, 15) is 4.79 Å². The normalized spacial score (nSPS) is 10.0. The Labute approximate surface area is 127 Å². The molecule has 0 aliphatic carbocycles. The first-order valence-corrected chi connectivity index (χ1v) is 6.91. The van der Waals surface area contributed by atoms with Crippen molar-refractivity contribution in [2.75, 3.05) is 6.54 Å². The minimum absolute atomic E-state index is 0.0808. The minimum Gasteiger partial charge on any atom is -0.352 e. The number of carbonyl (C=O) groups excluding carboxylic acids is 1. The molecule has 0 aromatic heterocycles. The SMILES string of the molecule is C#CC#CCC/C=C/C=C/C(=O)NCCc1ccccc1. The molecule has 1 amide bonds. The molecule has 0 radical (unpaired) electrons. The van der Waals surface area contributed by atoms with Gasteiger partial charge in [-0.1, -0.05) is 54.5 Å². The maximum Gasteiger partial charge on any atom is 0.243 e. The zero-order chi connectivity index (χ0) is 15.2. The smallest absolute Gasteiger partial charge is 0.243 e. The lowest BCUT2D eigenvalue weighted by molar-refractivity contribution is -0.116. The van der Waals surface area contributed by atoms with Crippen molar-refractivity contribution in [1.82, 2.24) is 5.32 Å². The van der Waals surface area contributed by atoms with Crippen LogP contribution in [0.5, 0.6) is 0 Å². The van der Waals surface area contributed by atoms with Gasteiger partial charge in [0.25, 0.3) is 0 Å². The fraction of sp³-hybridized carbons (Fsp3) is 0.211. The van der Waals surface area contributed by atoms with Crippen LogP contribution >= 0.6 is 0 Å². The van der Waals surface area contributed by atoms with Crippen molar-refractivity contribution in [2.45, 2.75) is 19.3 Å². The van der Waals surface area contributed by atoms with Crippen LogP contribution in [0.4, 0.5) is 0 Å². The summed E-state index contributed by atoms with van der Waals surface area (Å²) in [6.45, 7) is 0.637. The molecule has 0 aliphatic heterocycles. The van der Waals surface area contributed by atoms with Gasteiger partial charge >= 0.3 is 0 Å². The number of carbonyl (C=O) groups is 1. The summed E-state index contributed by atoms with van der Waals surface area (Å²) in [5.41, 5.74) is 1.22. The van der Waals surface area contributed by atoms with Gasteiger partial charge in [0.2, 0.25) is 5.91 Å². The van der Waals surface area contributed by atoms with Crippen LogP contribution in [0.2, 0.25) is 0 Å². The summed E-state index contributed by atoms with van der Waals surface area (Å²) < 4.78 is 0. The highest BCUT2D eigenvalue weighted by Gasteiger charge is 1.94. The van der Waals surface area contributed by atoms with Crippen molar-refractivity contribution in [3.8, 4) is 24.2 Å². The van der Waals surface area contributed by atoms with Gasteiger partial charge in [0.1, 0.15) is 0 Å². The molecule has 106 valence electrons. The quantitative estimate of drug-likeness (QED) is 0.353. The number of unbranched alkanes of at least 4 members (excludes halogenated alkanes) is 1. The number of hydrogen-bond acceptors (Lipinski definition) is 1. The lowest BCUT2D eigenvalue weighted by atomic mass is 10.1. The number of rotatable bonds is 7. The van der Waals surface area contributed by atoms with Gasteiger partial charge in [-0.05, 0) is 30.2 Å². The molecule has 0 unspecified atom stereocenters. The second-order valence-corrected chi connectivity index (χ2v) is 4.30. The largest absolute Gasteiger partial charge is 0.352 e. The summed E-state index contributed by atoms with van der Waals surface area (Å²) in [7, 11) is 0. The lowest BCUT2D eigenvalue weighted by Crippen LogP contribution is -2.23. The molecule has 0 aliphatic rings. The van der Waals surface area contributed by atoms with E-state index in [0.29, 0.717) is 6.54 Å². The van der Waals surface area contributed by atoms with E-state index in [0.717, 1.165) is 19.3 Å². The molecule has 0 bridgehead atoms. The van der Waals surface area contributed by atoms with E-state index in [4.69, 9.17) is 6.42 Å². The second kappa shape index (κ2) is 11.1. The standard InChI is InChI=1S/C19H19NO/c1-2-3-4-5-6-7-8-12-15-19(21)20-17-16-18-13-10-9-11-14-18/h1,7-15H,5-6,16-17H2,(H,20,21)/b8-7+,15-12+. The highest BCUT2D eigenvalue weighted by molar-refractivity contribution is 5.87. The van der Waals surface area contributed by atoms with E-state index < -0.39 is 0 Å². The van der Waals surface area contributed by atoms with Gasteiger partial charge < -0.3 is 5.32 Å². The van der Waals surface area contributed by atoms with E-state index >= 15 is 0 Å². The van der Waals surface area contributed by atoms with Crippen molar-refractivity contribution >= 4 is 5.91 Å². The van der Waals surface area contributed by atoms with Crippen LogP contribution in [0, 0.1) is 24.2 Å². The Bertz CT molecular complexity index is 579. The Morgan fingerprint density at radius 3 is 2.81 bits per heavy atom. The Balaban J connectivity index is 2.14. The average molecular weight is 277 g/mol. The summed E-state index contributed by atoms with van der Waals surface area (Å²) in [5.74, 6) is 7.58. The third-order valence-corrected chi connectivity index (χ3v) is 2.65. The van der Waals surface area contributed by atoms with E-state index in [1.54, 1.807) is 6.08 Å². The molecule has 0 atom stereocenters. The Morgan fingerprint density at radius 1 is 1.24 bits per heavy atom. The van der Waals surface area contributed by atoms with Crippen LogP contribution in [0.25, 0.3) is 0 Å². The van der Waals surface area contributed by atoms with Gasteiger partial charge in [0.15, 0.2) is 0 Å². The second-order valence-electron chi connectivity index (χ2n) is 4.30. The summed E-state index contributed by atoms with van der Waals surface area (Å²) in [6.07, 6.45) is 14.5. The highest BCUT2D eigenvalue weighted by atomic mass is 16.1. The Hall–Kier alpha value is -2.71. The summed E-state index contributed by atoms with van der Waals surface area (Å²) in [6, 6.07) is 10.1. The summed E-state index contributed by atoms with van der Waals surface area (Å²) in [5, 5.41) is 2.85. The van der Waals surface area contributed by atoms with Gasteiger partial charge in [-0.15, -0.1) is 6.42 Å². The molecule has 2 heteroatoms. The molecular weight excluding hydrogens is 258 g/mol. The van der Waals surface area contributed by atoms with Crippen LogP contribution < -0.4 is 5.32 Å². The average Bonchev–Trinajstić information content (AvgIpc) is 2.51. The third kappa shape index (κ3) is 8.92. The first-order chi connectivity index (χ1) is 10.3. The molecule has 0 heterocycles. The number of allylic oxidation sites excluding steroid dienone is 3. The summed E-state index contributed by atoms with van der Waals surface area (Å²) >= 11 is 0. The van der Waals surface area contributed by atoms with Crippen LogP contribution in [-0.2, 0) is 11.2 Å². The predicted octanol–water partition coefficient (Wildman–Crippen LogP) is 2.87. The molecule has 0 fully saturated rings. The summed E-state index contributed by atoms with van der Waals surface area (Å²) in [4.78, 5) is 11.5. The fourth-order valence-corrected chi connectivity index (χ4v) is 1.62. The first-order valence-electron chi connectivity index (χ1n) is 6.91. The zero-order valence-corrected chi connectivity index (χ0v) is 12.0. The number of benzene rings is 1. The van der Waals surface area contributed by atoms with Gasteiger partial charge in [0.05, 0.1) is 0 Å². The molecule has 1 N–H and O–H groups in total. The van der Waals surface area contributed by atoms with Crippen molar-refractivity contribution in [3.63, 3.8) is 0 Å². The van der Waals surface area contributed by atoms with Crippen LogP contribution in [0.15, 0.2) is 54.6 Å². The highest BCUT2D eigenvalue weighted by Crippen LogP contribution is 1.98. The van der Waals surface area contributed by atoms with Gasteiger partial charge in [0, 0.05) is 19.0 Å². The van der Waals surface area contributed by atoms with E-state index in [1.165, 1.54) is 11.6 Å². The van der Waals surface area contributed by atoms with E-state index in [-0.39, 0.29) is 5.91 Å². The van der Waals surface area contributed by atoms with Gasteiger partial charge in [-0.2, -0.15) is 0 Å². The molecule has 1 aromatic carbocycles. The van der Waals surface area contributed by atoms with E-state index in [2.05, 4.69) is 23.1 Å². The number of terminal acetylenes is 1. The van der Waals surface area contributed by atoms with Crippen molar-refractivity contribution < 1.29 is 4.79 Å².